The van der Waals surface area contributed by atoms with E-state index in [0.717, 1.165) is 50.2 Å². The molecule has 3 rings (SSSR count). The monoisotopic (exact) mass is 486 g/mol. The summed E-state index contributed by atoms with van der Waals surface area (Å²) in [6, 6.07) is 2.09. The van der Waals surface area contributed by atoms with Gasteiger partial charge in [-0.15, -0.1) is 0 Å². The van der Waals surface area contributed by atoms with Crippen molar-refractivity contribution in [3.8, 4) is 6.07 Å². The lowest BCUT2D eigenvalue weighted by Gasteiger charge is -2.26. The molecule has 0 saturated carbocycles. The lowest BCUT2D eigenvalue weighted by Crippen LogP contribution is -2.33. The molecule has 1 aromatic rings. The molecule has 6 nitrogen and oxygen atoms in total. The topological polar surface area (TPSA) is 69.3 Å². The lowest BCUT2D eigenvalue weighted by atomic mass is 10.0. The maximum absolute atomic E-state index is 13.2. The molecule has 33 heavy (non-hydrogen) atoms. The van der Waals surface area contributed by atoms with Crippen LogP contribution in [0.5, 0.6) is 0 Å². The zero-order valence-electron chi connectivity index (χ0n) is 20.0. The molecule has 0 radical (unpaired) electrons. The molecule has 2 fully saturated rings. The van der Waals surface area contributed by atoms with Crippen LogP contribution in [-0.4, -0.2) is 39.3 Å². The number of carbonyl (C=O) groups is 1. The lowest BCUT2D eigenvalue weighted by molar-refractivity contribution is -0.122. The third kappa shape index (κ3) is 5.52. The zero-order valence-corrected chi connectivity index (χ0v) is 21.6. The number of nitrogens with zero attached hydrogens (tertiary/aromatic N) is 4. The Kier molecular flexibility index (Phi) is 9.16. The summed E-state index contributed by atoms with van der Waals surface area (Å²) < 4.78 is 2.27. The number of hydrogen-bond donors (Lipinski definition) is 0. The van der Waals surface area contributed by atoms with Crippen LogP contribution < -0.4 is 10.5 Å². The average molecular weight is 487 g/mol. The first kappa shape index (κ1) is 25.5. The number of aromatic nitrogens is 1. The number of thiocarbonyl (C=S) groups is 1. The summed E-state index contributed by atoms with van der Waals surface area (Å²) >= 11 is 6.85. The SMILES string of the molecule is CCCCCCCCN1C(=O)/C(=C\c2c(C)c(C#N)c(=O)n(CC)c2N2CCCC2)SC1=S. The molecule has 0 aliphatic carbocycles. The number of rotatable bonds is 10. The summed E-state index contributed by atoms with van der Waals surface area (Å²) in [7, 11) is 0. The number of nitriles is 1. The molecule has 178 valence electrons. The van der Waals surface area contributed by atoms with Crippen molar-refractivity contribution < 1.29 is 4.79 Å². The van der Waals surface area contributed by atoms with Gasteiger partial charge in [0.25, 0.3) is 11.5 Å². The molecule has 8 heteroatoms. The third-order valence-electron chi connectivity index (χ3n) is 6.45. The van der Waals surface area contributed by atoms with Crippen LogP contribution in [0.15, 0.2) is 9.70 Å². The van der Waals surface area contributed by atoms with E-state index in [4.69, 9.17) is 12.2 Å². The number of hydrogen-bond acceptors (Lipinski definition) is 6. The van der Waals surface area contributed by atoms with Gasteiger partial charge in [-0.05, 0) is 44.7 Å². The van der Waals surface area contributed by atoms with E-state index in [1.165, 1.54) is 37.4 Å². The van der Waals surface area contributed by atoms with Gasteiger partial charge in [-0.25, -0.2) is 0 Å². The first-order chi connectivity index (χ1) is 15.9. The van der Waals surface area contributed by atoms with E-state index in [1.54, 1.807) is 9.47 Å². The van der Waals surface area contributed by atoms with Crippen LogP contribution in [0.4, 0.5) is 5.82 Å². The second-order valence-corrected chi connectivity index (χ2v) is 10.4. The summed E-state index contributed by atoms with van der Waals surface area (Å²) in [5.41, 5.74) is 1.31. The van der Waals surface area contributed by atoms with Crippen LogP contribution in [0.1, 0.15) is 81.9 Å². The summed E-state index contributed by atoms with van der Waals surface area (Å²) in [6.07, 6.45) is 10.9. The standard InChI is InChI=1S/C25H34N4O2S2/c1-4-6-7-8-9-10-15-29-24(31)21(33-25(29)32)16-19-18(3)20(17-26)23(30)28(5-2)22(19)27-13-11-12-14-27/h16H,4-15H2,1-3H3/b21-16+. The minimum absolute atomic E-state index is 0.0712. The molecule has 3 heterocycles. The average Bonchev–Trinajstić information content (AvgIpc) is 3.42. The fourth-order valence-electron chi connectivity index (χ4n) is 4.58. The van der Waals surface area contributed by atoms with Crippen LogP contribution >= 0.6 is 24.0 Å². The van der Waals surface area contributed by atoms with E-state index in [1.807, 2.05) is 19.9 Å². The highest BCUT2D eigenvalue weighted by Crippen LogP contribution is 2.36. The Hall–Kier alpha value is -2.11. The molecule has 1 amide bonds. The minimum Gasteiger partial charge on any atom is -0.357 e. The molecule has 0 aromatic carbocycles. The van der Waals surface area contributed by atoms with Gasteiger partial charge in [0.1, 0.15) is 21.8 Å². The highest BCUT2D eigenvalue weighted by molar-refractivity contribution is 8.26. The van der Waals surface area contributed by atoms with Crippen LogP contribution in [0, 0.1) is 18.3 Å². The smallest absolute Gasteiger partial charge is 0.270 e. The third-order valence-corrected chi connectivity index (χ3v) is 7.83. The van der Waals surface area contributed by atoms with Crippen molar-refractivity contribution in [3.05, 3.63) is 31.9 Å². The molecular formula is C25H34N4O2S2. The van der Waals surface area contributed by atoms with Gasteiger partial charge >= 0.3 is 0 Å². The summed E-state index contributed by atoms with van der Waals surface area (Å²) in [6.45, 7) is 8.78. The molecule has 0 spiro atoms. The van der Waals surface area contributed by atoms with Crippen LogP contribution in [0.3, 0.4) is 0 Å². The molecule has 1 aromatic heterocycles. The summed E-state index contributed by atoms with van der Waals surface area (Å²) in [5, 5.41) is 9.67. The normalized spacial score (nSPS) is 17.5. The highest BCUT2D eigenvalue weighted by Gasteiger charge is 2.33. The number of unbranched alkanes of at least 4 members (excludes halogenated alkanes) is 5. The Labute approximate surface area is 206 Å². The molecule has 0 N–H and O–H groups in total. The Balaban J connectivity index is 1.92. The van der Waals surface area contributed by atoms with E-state index < -0.39 is 0 Å². The molecule has 0 bridgehead atoms. The van der Waals surface area contributed by atoms with Crippen molar-refractivity contribution in [2.45, 2.75) is 78.7 Å². The van der Waals surface area contributed by atoms with Crippen molar-refractivity contribution in [2.24, 2.45) is 0 Å². The fourth-order valence-corrected chi connectivity index (χ4v) is 5.87. The number of pyridine rings is 1. The van der Waals surface area contributed by atoms with Crippen LogP contribution in [-0.2, 0) is 11.3 Å². The fraction of sp³-hybridized carbons (Fsp3) is 0.600. The van der Waals surface area contributed by atoms with E-state index >= 15 is 0 Å². The summed E-state index contributed by atoms with van der Waals surface area (Å²) in [5.74, 6) is 0.746. The molecule has 2 aliphatic rings. The van der Waals surface area contributed by atoms with Gasteiger partial charge in [0.05, 0.1) is 4.91 Å². The van der Waals surface area contributed by atoms with Gasteiger partial charge in [0, 0.05) is 31.7 Å². The first-order valence-corrected chi connectivity index (χ1v) is 13.3. The van der Waals surface area contributed by atoms with Gasteiger partial charge in [0.15, 0.2) is 0 Å². The molecule has 2 saturated heterocycles. The zero-order chi connectivity index (χ0) is 24.0. The van der Waals surface area contributed by atoms with Crippen molar-refractivity contribution >= 4 is 46.1 Å². The number of carbonyl (C=O) groups excluding carboxylic acids is 1. The number of thioether (sulfide) groups is 1. The maximum atomic E-state index is 13.2. The minimum atomic E-state index is -0.257. The predicted molar refractivity (Wildman–Crippen MR) is 141 cm³/mol. The predicted octanol–water partition coefficient (Wildman–Crippen LogP) is 5.21. The van der Waals surface area contributed by atoms with Gasteiger partial charge in [-0.2, -0.15) is 5.26 Å². The molecular weight excluding hydrogens is 452 g/mol. The Bertz CT molecular complexity index is 1030. The Morgan fingerprint density at radius 2 is 1.76 bits per heavy atom. The van der Waals surface area contributed by atoms with Crippen LogP contribution in [0.25, 0.3) is 6.08 Å². The molecule has 0 atom stereocenters. The summed E-state index contributed by atoms with van der Waals surface area (Å²) in [4.78, 5) is 30.7. The van der Waals surface area contributed by atoms with Crippen LogP contribution in [0.2, 0.25) is 0 Å². The van der Waals surface area contributed by atoms with Crippen molar-refractivity contribution in [1.82, 2.24) is 9.47 Å². The van der Waals surface area contributed by atoms with Gasteiger partial charge in [-0.1, -0.05) is 63.0 Å². The first-order valence-electron chi connectivity index (χ1n) is 12.1. The maximum Gasteiger partial charge on any atom is 0.270 e. The van der Waals surface area contributed by atoms with E-state index in [0.29, 0.717) is 27.9 Å². The van der Waals surface area contributed by atoms with Crippen molar-refractivity contribution in [2.75, 3.05) is 24.5 Å². The van der Waals surface area contributed by atoms with Gasteiger partial charge in [-0.3, -0.25) is 19.1 Å². The number of amides is 1. The molecule has 2 aliphatic heterocycles. The highest BCUT2D eigenvalue weighted by atomic mass is 32.2. The van der Waals surface area contributed by atoms with E-state index in [2.05, 4.69) is 17.9 Å². The number of anilines is 1. The Morgan fingerprint density at radius 3 is 2.39 bits per heavy atom. The second kappa shape index (κ2) is 11.8. The largest absolute Gasteiger partial charge is 0.357 e. The van der Waals surface area contributed by atoms with E-state index in [-0.39, 0.29) is 17.0 Å². The van der Waals surface area contributed by atoms with E-state index in [9.17, 15) is 14.9 Å². The van der Waals surface area contributed by atoms with Crippen molar-refractivity contribution in [1.29, 1.82) is 5.26 Å². The molecule has 0 unspecified atom stereocenters. The Morgan fingerprint density at radius 1 is 1.09 bits per heavy atom. The van der Waals surface area contributed by atoms with Gasteiger partial charge in [0.2, 0.25) is 0 Å². The quantitative estimate of drug-likeness (QED) is 0.257. The van der Waals surface area contributed by atoms with Crippen molar-refractivity contribution in [3.63, 3.8) is 0 Å². The second-order valence-electron chi connectivity index (χ2n) is 8.69. The van der Waals surface area contributed by atoms with Gasteiger partial charge < -0.3 is 4.90 Å².